The van der Waals surface area contributed by atoms with E-state index in [9.17, 15) is 9.18 Å². The van der Waals surface area contributed by atoms with Crippen LogP contribution in [-0.4, -0.2) is 22.5 Å². The SMILES string of the molecule is CCCOc1ncccc1CNC(=O)c1cc(C)nc2cc(F)ccc12. The van der Waals surface area contributed by atoms with Crippen LogP contribution in [0.2, 0.25) is 0 Å². The van der Waals surface area contributed by atoms with Gasteiger partial charge in [0.05, 0.1) is 17.7 Å². The van der Waals surface area contributed by atoms with E-state index in [0.29, 0.717) is 34.6 Å². The second kappa shape index (κ2) is 7.91. The van der Waals surface area contributed by atoms with Crippen molar-refractivity contribution in [3.8, 4) is 5.88 Å². The average Bonchev–Trinajstić information content (AvgIpc) is 2.64. The zero-order valence-electron chi connectivity index (χ0n) is 14.8. The summed E-state index contributed by atoms with van der Waals surface area (Å²) in [7, 11) is 0. The van der Waals surface area contributed by atoms with Gasteiger partial charge in [-0.25, -0.2) is 9.37 Å². The maximum absolute atomic E-state index is 13.5. The van der Waals surface area contributed by atoms with Gasteiger partial charge in [0, 0.05) is 35.5 Å². The topological polar surface area (TPSA) is 64.1 Å². The number of nitrogens with one attached hydrogen (secondary N) is 1. The van der Waals surface area contributed by atoms with Gasteiger partial charge < -0.3 is 10.1 Å². The fourth-order valence-corrected chi connectivity index (χ4v) is 2.68. The third-order valence-electron chi connectivity index (χ3n) is 3.88. The van der Waals surface area contributed by atoms with Crippen molar-refractivity contribution in [1.29, 1.82) is 0 Å². The van der Waals surface area contributed by atoms with Crippen LogP contribution >= 0.6 is 0 Å². The number of nitrogens with zero attached hydrogens (tertiary/aromatic N) is 2. The quantitative estimate of drug-likeness (QED) is 0.732. The molecule has 1 N–H and O–H groups in total. The molecule has 0 radical (unpaired) electrons. The van der Waals surface area contributed by atoms with Gasteiger partial charge in [-0.05, 0) is 37.6 Å². The van der Waals surface area contributed by atoms with Crippen molar-refractivity contribution in [3.05, 3.63) is 65.2 Å². The molecule has 0 aliphatic heterocycles. The van der Waals surface area contributed by atoms with Gasteiger partial charge in [0.15, 0.2) is 0 Å². The number of hydrogen-bond acceptors (Lipinski definition) is 4. The number of halogens is 1. The number of carbonyl (C=O) groups is 1. The van der Waals surface area contributed by atoms with Gasteiger partial charge in [0.1, 0.15) is 5.82 Å². The third kappa shape index (κ3) is 3.96. The lowest BCUT2D eigenvalue weighted by atomic mass is 10.1. The molecule has 1 amide bonds. The molecule has 3 rings (SSSR count). The first kappa shape index (κ1) is 17.8. The molecule has 0 fully saturated rings. The molecule has 2 heterocycles. The van der Waals surface area contributed by atoms with E-state index in [0.717, 1.165) is 12.0 Å². The van der Waals surface area contributed by atoms with Crippen LogP contribution in [0.1, 0.15) is 35.0 Å². The highest BCUT2D eigenvalue weighted by molar-refractivity contribution is 6.06. The van der Waals surface area contributed by atoms with Gasteiger partial charge in [0.2, 0.25) is 5.88 Å². The first-order chi connectivity index (χ1) is 12.6. The number of hydrogen-bond donors (Lipinski definition) is 1. The van der Waals surface area contributed by atoms with Crippen molar-refractivity contribution in [2.45, 2.75) is 26.8 Å². The summed E-state index contributed by atoms with van der Waals surface area (Å²) < 4.78 is 19.1. The van der Waals surface area contributed by atoms with E-state index < -0.39 is 0 Å². The molecule has 3 aromatic rings. The van der Waals surface area contributed by atoms with Crippen molar-refractivity contribution in [1.82, 2.24) is 15.3 Å². The van der Waals surface area contributed by atoms with E-state index in [1.54, 1.807) is 31.3 Å². The number of rotatable bonds is 6. The first-order valence-corrected chi connectivity index (χ1v) is 8.50. The van der Waals surface area contributed by atoms with Crippen LogP contribution in [0.15, 0.2) is 42.6 Å². The molecule has 0 aliphatic rings. The Kier molecular flexibility index (Phi) is 5.41. The Morgan fingerprint density at radius 2 is 2.12 bits per heavy atom. The molecule has 0 unspecified atom stereocenters. The summed E-state index contributed by atoms with van der Waals surface area (Å²) in [6.07, 6.45) is 2.53. The number of benzene rings is 1. The number of aryl methyl sites for hydroxylation is 1. The van der Waals surface area contributed by atoms with E-state index in [-0.39, 0.29) is 18.3 Å². The minimum Gasteiger partial charge on any atom is -0.477 e. The average molecular weight is 353 g/mol. The summed E-state index contributed by atoms with van der Waals surface area (Å²) >= 11 is 0. The molecular weight excluding hydrogens is 333 g/mol. The minimum atomic E-state index is -0.380. The van der Waals surface area contributed by atoms with Crippen LogP contribution in [-0.2, 0) is 6.54 Å². The van der Waals surface area contributed by atoms with E-state index in [2.05, 4.69) is 15.3 Å². The maximum Gasteiger partial charge on any atom is 0.252 e. The molecule has 6 heteroatoms. The van der Waals surface area contributed by atoms with E-state index >= 15 is 0 Å². The number of pyridine rings is 2. The molecule has 0 bridgehead atoms. The minimum absolute atomic E-state index is 0.252. The van der Waals surface area contributed by atoms with Crippen LogP contribution in [0.25, 0.3) is 10.9 Å². The number of fused-ring (bicyclic) bond motifs is 1. The Labute approximate surface area is 151 Å². The summed E-state index contributed by atoms with van der Waals surface area (Å²) in [5.74, 6) is -0.111. The second-order valence-electron chi connectivity index (χ2n) is 5.97. The van der Waals surface area contributed by atoms with Gasteiger partial charge in [-0.1, -0.05) is 13.0 Å². The Hall–Kier alpha value is -3.02. The first-order valence-electron chi connectivity index (χ1n) is 8.50. The van der Waals surface area contributed by atoms with Crippen LogP contribution < -0.4 is 10.1 Å². The standard InChI is InChI=1S/C20H20FN3O2/c1-3-9-26-20-14(5-4-8-22-20)12-23-19(25)17-10-13(2)24-18-11-15(21)6-7-16(17)18/h4-8,10-11H,3,9,12H2,1-2H3,(H,23,25). The highest BCUT2D eigenvalue weighted by Crippen LogP contribution is 2.20. The van der Waals surface area contributed by atoms with E-state index in [4.69, 9.17) is 4.74 Å². The summed E-state index contributed by atoms with van der Waals surface area (Å²) in [6.45, 7) is 4.65. The van der Waals surface area contributed by atoms with Gasteiger partial charge >= 0.3 is 0 Å². The number of carbonyl (C=O) groups excluding carboxylic acids is 1. The van der Waals surface area contributed by atoms with Gasteiger partial charge in [0.25, 0.3) is 5.91 Å². The van der Waals surface area contributed by atoms with Crippen molar-refractivity contribution in [2.24, 2.45) is 0 Å². The van der Waals surface area contributed by atoms with E-state index in [1.807, 2.05) is 13.0 Å². The molecule has 134 valence electrons. The van der Waals surface area contributed by atoms with Crippen molar-refractivity contribution in [2.75, 3.05) is 6.61 Å². The largest absolute Gasteiger partial charge is 0.477 e. The zero-order chi connectivity index (χ0) is 18.5. The fourth-order valence-electron chi connectivity index (χ4n) is 2.68. The number of amides is 1. The molecule has 0 atom stereocenters. The van der Waals surface area contributed by atoms with Gasteiger partial charge in [-0.15, -0.1) is 0 Å². The van der Waals surface area contributed by atoms with Crippen LogP contribution in [0.5, 0.6) is 5.88 Å². The van der Waals surface area contributed by atoms with Gasteiger partial charge in [-0.2, -0.15) is 0 Å². The maximum atomic E-state index is 13.5. The predicted octanol–water partition coefficient (Wildman–Crippen LogP) is 3.80. The summed E-state index contributed by atoms with van der Waals surface area (Å²) in [5.41, 5.74) is 2.38. The Morgan fingerprint density at radius 3 is 2.92 bits per heavy atom. The van der Waals surface area contributed by atoms with Crippen molar-refractivity contribution in [3.63, 3.8) is 0 Å². The lowest BCUT2D eigenvalue weighted by Gasteiger charge is -2.12. The summed E-state index contributed by atoms with van der Waals surface area (Å²) in [6, 6.07) is 9.60. The Balaban J connectivity index is 1.82. The van der Waals surface area contributed by atoms with Crippen LogP contribution in [0, 0.1) is 12.7 Å². The van der Waals surface area contributed by atoms with Crippen LogP contribution in [0.4, 0.5) is 4.39 Å². The molecular formula is C20H20FN3O2. The van der Waals surface area contributed by atoms with Crippen LogP contribution in [0.3, 0.4) is 0 Å². The lowest BCUT2D eigenvalue weighted by Crippen LogP contribution is -2.24. The molecule has 0 aliphatic carbocycles. The predicted molar refractivity (Wildman–Crippen MR) is 97.6 cm³/mol. The second-order valence-corrected chi connectivity index (χ2v) is 5.97. The Bertz CT molecular complexity index is 938. The zero-order valence-corrected chi connectivity index (χ0v) is 14.8. The summed E-state index contributed by atoms with van der Waals surface area (Å²) in [4.78, 5) is 21.2. The highest BCUT2D eigenvalue weighted by Gasteiger charge is 2.14. The molecule has 0 spiro atoms. The fraction of sp³-hybridized carbons (Fsp3) is 0.250. The Morgan fingerprint density at radius 1 is 1.27 bits per heavy atom. The highest BCUT2D eigenvalue weighted by atomic mass is 19.1. The summed E-state index contributed by atoms with van der Waals surface area (Å²) in [5, 5.41) is 3.50. The molecule has 0 saturated heterocycles. The number of aromatic nitrogens is 2. The normalized spacial score (nSPS) is 10.7. The molecule has 26 heavy (non-hydrogen) atoms. The lowest BCUT2D eigenvalue weighted by molar-refractivity contribution is 0.0952. The van der Waals surface area contributed by atoms with E-state index in [1.165, 1.54) is 12.1 Å². The molecule has 2 aromatic heterocycles. The van der Waals surface area contributed by atoms with Crippen molar-refractivity contribution >= 4 is 16.8 Å². The third-order valence-corrected chi connectivity index (χ3v) is 3.88. The monoisotopic (exact) mass is 353 g/mol. The smallest absolute Gasteiger partial charge is 0.252 e. The molecule has 5 nitrogen and oxygen atoms in total. The molecule has 1 aromatic carbocycles. The van der Waals surface area contributed by atoms with Crippen molar-refractivity contribution < 1.29 is 13.9 Å². The van der Waals surface area contributed by atoms with Gasteiger partial charge in [-0.3, -0.25) is 9.78 Å². The number of ether oxygens (including phenoxy) is 1. The molecule has 0 saturated carbocycles.